The fraction of sp³-hybridized carbons (Fsp3) is 1.00. The molecule has 2 N–H and O–H groups in total. The third kappa shape index (κ3) is 8.15. The molecule has 0 spiro atoms. The van der Waals surface area contributed by atoms with Crippen molar-refractivity contribution in [1.29, 1.82) is 0 Å². The van der Waals surface area contributed by atoms with Crippen LogP contribution in [0.2, 0.25) is 0 Å². The number of rotatable bonds is 12. The molecule has 1 unspecified atom stereocenters. The van der Waals surface area contributed by atoms with Crippen molar-refractivity contribution in [2.45, 2.75) is 57.9 Å². The Labute approximate surface area is 131 Å². The van der Waals surface area contributed by atoms with Crippen molar-refractivity contribution in [3.63, 3.8) is 0 Å². The Balaban J connectivity index is 2.05. The van der Waals surface area contributed by atoms with E-state index < -0.39 is 0 Å². The van der Waals surface area contributed by atoms with Crippen molar-refractivity contribution >= 4 is 0 Å². The number of likely N-dealkylation sites (N-methyl/N-ethyl adjacent to an activating group) is 1. The van der Waals surface area contributed by atoms with Crippen LogP contribution in [0.3, 0.4) is 0 Å². The van der Waals surface area contributed by atoms with Crippen LogP contribution in [0.15, 0.2) is 0 Å². The summed E-state index contributed by atoms with van der Waals surface area (Å²) in [4.78, 5) is 5.03. The molecule has 0 aromatic rings. The minimum Gasteiger partial charge on any atom is -0.394 e. The molecule has 1 fully saturated rings. The van der Waals surface area contributed by atoms with Crippen molar-refractivity contribution in [2.75, 3.05) is 52.9 Å². The number of hydrogen-bond donors (Lipinski definition) is 2. The lowest BCUT2D eigenvalue weighted by molar-refractivity contribution is 0.161. The third-order valence-electron chi connectivity index (χ3n) is 4.67. The quantitative estimate of drug-likeness (QED) is 0.540. The largest absolute Gasteiger partial charge is 0.394 e. The average molecular weight is 300 g/mol. The van der Waals surface area contributed by atoms with Gasteiger partial charge in [0, 0.05) is 18.6 Å². The number of aliphatic hydroxyl groups is 1. The van der Waals surface area contributed by atoms with E-state index in [0.29, 0.717) is 0 Å². The summed E-state index contributed by atoms with van der Waals surface area (Å²) in [6.07, 6.45) is 7.35. The molecular weight excluding hydrogens is 262 g/mol. The average Bonchev–Trinajstić information content (AvgIpc) is 3.01. The minimum absolute atomic E-state index is 0.0931. The van der Waals surface area contributed by atoms with Gasteiger partial charge in [0.15, 0.2) is 0 Å². The molecule has 0 aromatic heterocycles. The van der Waals surface area contributed by atoms with Crippen LogP contribution in [-0.4, -0.2) is 73.4 Å². The fourth-order valence-electron chi connectivity index (χ4n) is 2.98. The third-order valence-corrected chi connectivity index (χ3v) is 4.67. The second-order valence-corrected chi connectivity index (χ2v) is 6.95. The van der Waals surface area contributed by atoms with Crippen LogP contribution in [0, 0.1) is 0 Å². The van der Waals surface area contributed by atoms with Gasteiger partial charge in [-0.05, 0) is 72.3 Å². The van der Waals surface area contributed by atoms with Crippen LogP contribution in [0.4, 0.5) is 0 Å². The highest BCUT2D eigenvalue weighted by Gasteiger charge is 2.21. The van der Waals surface area contributed by atoms with Gasteiger partial charge >= 0.3 is 0 Å². The van der Waals surface area contributed by atoms with Gasteiger partial charge in [-0.25, -0.2) is 0 Å². The summed E-state index contributed by atoms with van der Waals surface area (Å²) in [5.41, 5.74) is -0.0931. The summed E-state index contributed by atoms with van der Waals surface area (Å²) in [5.74, 6) is 0. The Hall–Kier alpha value is -0.160. The first-order valence-corrected chi connectivity index (χ1v) is 8.86. The number of nitrogens with one attached hydrogen (secondary N) is 1. The van der Waals surface area contributed by atoms with Crippen LogP contribution in [0.5, 0.6) is 0 Å². The van der Waals surface area contributed by atoms with Gasteiger partial charge in [-0.3, -0.25) is 0 Å². The second kappa shape index (κ2) is 10.5. The maximum absolute atomic E-state index is 9.55. The molecular formula is C17H37N3O. The summed E-state index contributed by atoms with van der Waals surface area (Å²) in [5, 5.41) is 13.0. The van der Waals surface area contributed by atoms with Gasteiger partial charge in [-0.2, -0.15) is 0 Å². The molecule has 0 radical (unpaired) electrons. The Morgan fingerprint density at radius 1 is 1.19 bits per heavy atom. The van der Waals surface area contributed by atoms with Crippen LogP contribution in [-0.2, 0) is 0 Å². The molecule has 0 aliphatic carbocycles. The molecule has 21 heavy (non-hydrogen) atoms. The van der Waals surface area contributed by atoms with Gasteiger partial charge in [0.25, 0.3) is 0 Å². The van der Waals surface area contributed by atoms with Crippen molar-refractivity contribution in [2.24, 2.45) is 0 Å². The van der Waals surface area contributed by atoms with Crippen LogP contribution in [0.25, 0.3) is 0 Å². The van der Waals surface area contributed by atoms with E-state index in [-0.39, 0.29) is 12.1 Å². The molecule has 1 atom stereocenters. The second-order valence-electron chi connectivity index (χ2n) is 6.95. The summed E-state index contributed by atoms with van der Waals surface area (Å²) in [6.45, 7) is 11.7. The minimum atomic E-state index is -0.0931. The summed E-state index contributed by atoms with van der Waals surface area (Å²) in [6, 6.07) is 0. The molecule has 1 heterocycles. The normalized spacial score (nSPS) is 19.3. The van der Waals surface area contributed by atoms with Gasteiger partial charge in [-0.1, -0.05) is 13.3 Å². The Kier molecular flexibility index (Phi) is 9.49. The molecule has 1 aliphatic rings. The Morgan fingerprint density at radius 3 is 2.52 bits per heavy atom. The molecule has 1 saturated heterocycles. The molecule has 4 nitrogen and oxygen atoms in total. The van der Waals surface area contributed by atoms with E-state index >= 15 is 0 Å². The zero-order chi connectivity index (χ0) is 15.6. The van der Waals surface area contributed by atoms with E-state index in [0.717, 1.165) is 19.4 Å². The lowest BCUT2D eigenvalue weighted by Crippen LogP contribution is -2.46. The first kappa shape index (κ1) is 18.9. The standard InChI is InChI=1S/C17H37N3O/c1-4-10-18-17(2,16-21)9-5-6-11-19(3)14-15-20-12-7-8-13-20/h18,21H,4-16H2,1-3H3. The summed E-state index contributed by atoms with van der Waals surface area (Å²) >= 11 is 0. The molecule has 126 valence electrons. The lowest BCUT2D eigenvalue weighted by atomic mass is 9.95. The first-order valence-electron chi connectivity index (χ1n) is 8.86. The molecule has 4 heteroatoms. The zero-order valence-corrected chi connectivity index (χ0v) is 14.5. The number of hydrogen-bond acceptors (Lipinski definition) is 4. The molecule has 0 amide bonds. The fourth-order valence-corrected chi connectivity index (χ4v) is 2.98. The number of nitrogens with zero attached hydrogens (tertiary/aromatic N) is 2. The highest BCUT2D eigenvalue weighted by atomic mass is 16.3. The van der Waals surface area contributed by atoms with Crippen molar-refractivity contribution in [3.8, 4) is 0 Å². The van der Waals surface area contributed by atoms with Gasteiger partial charge in [0.2, 0.25) is 0 Å². The van der Waals surface area contributed by atoms with E-state index in [9.17, 15) is 5.11 Å². The maximum Gasteiger partial charge on any atom is 0.0610 e. The zero-order valence-electron chi connectivity index (χ0n) is 14.5. The van der Waals surface area contributed by atoms with E-state index in [4.69, 9.17) is 0 Å². The topological polar surface area (TPSA) is 38.7 Å². The van der Waals surface area contributed by atoms with Crippen LogP contribution < -0.4 is 5.32 Å². The molecule has 0 aromatic carbocycles. The molecule has 1 rings (SSSR count). The predicted molar refractivity (Wildman–Crippen MR) is 90.8 cm³/mol. The molecule has 1 aliphatic heterocycles. The molecule has 0 saturated carbocycles. The highest BCUT2D eigenvalue weighted by Crippen LogP contribution is 2.13. The number of likely N-dealkylation sites (tertiary alicyclic amines) is 1. The van der Waals surface area contributed by atoms with E-state index in [1.54, 1.807) is 0 Å². The van der Waals surface area contributed by atoms with Crippen molar-refractivity contribution in [3.05, 3.63) is 0 Å². The monoisotopic (exact) mass is 299 g/mol. The van der Waals surface area contributed by atoms with Gasteiger partial charge in [0.05, 0.1) is 6.61 Å². The van der Waals surface area contributed by atoms with E-state index in [2.05, 4.69) is 36.0 Å². The summed E-state index contributed by atoms with van der Waals surface area (Å²) in [7, 11) is 2.23. The Morgan fingerprint density at radius 2 is 1.90 bits per heavy atom. The lowest BCUT2D eigenvalue weighted by Gasteiger charge is -2.29. The van der Waals surface area contributed by atoms with Crippen molar-refractivity contribution in [1.82, 2.24) is 15.1 Å². The van der Waals surface area contributed by atoms with E-state index in [1.165, 1.54) is 58.4 Å². The first-order chi connectivity index (χ1) is 10.1. The highest BCUT2D eigenvalue weighted by molar-refractivity contribution is 4.82. The van der Waals surface area contributed by atoms with Gasteiger partial charge in [0.1, 0.15) is 0 Å². The predicted octanol–water partition coefficient (Wildman–Crippen LogP) is 1.93. The van der Waals surface area contributed by atoms with Gasteiger partial charge in [-0.15, -0.1) is 0 Å². The number of unbranched alkanes of at least 4 members (excludes halogenated alkanes) is 1. The smallest absolute Gasteiger partial charge is 0.0610 e. The number of aliphatic hydroxyl groups excluding tert-OH is 1. The van der Waals surface area contributed by atoms with Crippen molar-refractivity contribution < 1.29 is 5.11 Å². The molecule has 0 bridgehead atoms. The van der Waals surface area contributed by atoms with Gasteiger partial charge < -0.3 is 20.2 Å². The van der Waals surface area contributed by atoms with Crippen LogP contribution in [0.1, 0.15) is 52.4 Å². The SMILES string of the molecule is CCCNC(C)(CO)CCCCN(C)CCN1CCCC1. The maximum atomic E-state index is 9.55. The van der Waals surface area contributed by atoms with Crippen LogP contribution >= 0.6 is 0 Å². The Bertz CT molecular complexity index is 256. The van der Waals surface area contributed by atoms with E-state index in [1.807, 2.05) is 0 Å². The summed E-state index contributed by atoms with van der Waals surface area (Å²) < 4.78 is 0.